The van der Waals surface area contributed by atoms with Crippen molar-refractivity contribution in [1.82, 2.24) is 14.1 Å². The molecule has 7 nitrogen and oxygen atoms in total. The standard InChI is InChI=1S/C22H25F3N4O3/c1-21(31,22(23,24)25)12-32-17-4-2-15(3-5-17)29-8-6-14-10-16(28-9-7-27-13-28)11-18(19(14)29)20(26)30/h6-11,13,15,17,31H,2-5,12H2,1H3,(H2,26,30). The Morgan fingerprint density at radius 2 is 1.97 bits per heavy atom. The van der Waals surface area contributed by atoms with Crippen molar-refractivity contribution in [3.63, 3.8) is 0 Å². The Bertz CT molecular complexity index is 1100. The van der Waals surface area contributed by atoms with E-state index in [4.69, 9.17) is 10.5 Å². The van der Waals surface area contributed by atoms with Gasteiger partial charge in [0.15, 0.2) is 5.60 Å². The van der Waals surface area contributed by atoms with Crippen LogP contribution in [-0.4, -0.2) is 49.6 Å². The molecule has 10 heteroatoms. The third kappa shape index (κ3) is 4.24. The van der Waals surface area contributed by atoms with Crippen LogP contribution in [0, 0.1) is 0 Å². The summed E-state index contributed by atoms with van der Waals surface area (Å²) in [7, 11) is 0. The van der Waals surface area contributed by atoms with Crippen LogP contribution in [0.2, 0.25) is 0 Å². The average Bonchev–Trinajstić information content (AvgIpc) is 3.41. The molecule has 1 saturated carbocycles. The van der Waals surface area contributed by atoms with Gasteiger partial charge in [-0.3, -0.25) is 4.79 Å². The number of aromatic nitrogens is 3. The molecule has 4 rings (SSSR count). The van der Waals surface area contributed by atoms with Crippen molar-refractivity contribution in [1.29, 1.82) is 0 Å². The quantitative estimate of drug-likeness (QED) is 0.598. The number of hydrogen-bond donors (Lipinski definition) is 2. The number of hydrogen-bond acceptors (Lipinski definition) is 4. The zero-order valence-corrected chi connectivity index (χ0v) is 17.5. The molecule has 0 radical (unpaired) electrons. The molecule has 0 spiro atoms. The van der Waals surface area contributed by atoms with Crippen LogP contribution in [-0.2, 0) is 4.74 Å². The molecule has 3 aromatic rings. The molecular formula is C22H25F3N4O3. The molecule has 2 aromatic heterocycles. The third-order valence-corrected chi connectivity index (χ3v) is 6.11. The molecule has 1 aromatic carbocycles. The van der Waals surface area contributed by atoms with Crippen LogP contribution in [0.3, 0.4) is 0 Å². The zero-order chi connectivity index (χ0) is 23.1. The molecule has 1 fully saturated rings. The van der Waals surface area contributed by atoms with Crippen molar-refractivity contribution in [2.75, 3.05) is 6.61 Å². The van der Waals surface area contributed by atoms with Crippen molar-refractivity contribution in [2.24, 2.45) is 5.73 Å². The maximum atomic E-state index is 12.8. The Balaban J connectivity index is 1.51. The van der Waals surface area contributed by atoms with Crippen molar-refractivity contribution in [3.8, 4) is 5.69 Å². The molecule has 0 aliphatic heterocycles. The molecule has 1 atom stereocenters. The highest BCUT2D eigenvalue weighted by Crippen LogP contribution is 2.36. The van der Waals surface area contributed by atoms with E-state index in [1.807, 2.05) is 22.9 Å². The summed E-state index contributed by atoms with van der Waals surface area (Å²) in [6.07, 6.45) is 4.33. The van der Waals surface area contributed by atoms with Gasteiger partial charge in [-0.15, -0.1) is 0 Å². The molecule has 1 aliphatic rings. The summed E-state index contributed by atoms with van der Waals surface area (Å²) in [6, 6.07) is 5.67. The topological polar surface area (TPSA) is 95.3 Å². The fourth-order valence-electron chi connectivity index (χ4n) is 4.20. The molecule has 0 saturated heterocycles. The highest BCUT2D eigenvalue weighted by Gasteiger charge is 2.50. The van der Waals surface area contributed by atoms with E-state index in [2.05, 4.69) is 4.98 Å². The average molecular weight is 450 g/mol. The van der Waals surface area contributed by atoms with Gasteiger partial charge in [-0.2, -0.15) is 13.2 Å². The number of nitrogens with two attached hydrogens (primary N) is 1. The van der Waals surface area contributed by atoms with Crippen molar-refractivity contribution in [2.45, 2.75) is 56.5 Å². The number of carbonyl (C=O) groups excluding carboxylic acids is 1. The molecular weight excluding hydrogens is 425 g/mol. The third-order valence-electron chi connectivity index (χ3n) is 6.11. The maximum absolute atomic E-state index is 12.8. The van der Waals surface area contributed by atoms with E-state index in [0.717, 1.165) is 16.6 Å². The first-order chi connectivity index (χ1) is 15.1. The molecule has 172 valence electrons. The van der Waals surface area contributed by atoms with E-state index in [1.165, 1.54) is 0 Å². The molecule has 32 heavy (non-hydrogen) atoms. The summed E-state index contributed by atoms with van der Waals surface area (Å²) in [5, 5.41) is 10.4. The Kier molecular flexibility index (Phi) is 5.76. The second kappa shape index (κ2) is 8.25. The minimum Gasteiger partial charge on any atom is -0.379 e. The number of imidazole rings is 1. The Hall–Kier alpha value is -2.85. The van der Waals surface area contributed by atoms with E-state index in [-0.39, 0.29) is 12.1 Å². The van der Waals surface area contributed by atoms with Crippen molar-refractivity contribution >= 4 is 16.8 Å². The number of halogens is 3. The monoisotopic (exact) mass is 450 g/mol. The lowest BCUT2D eigenvalue weighted by Crippen LogP contribution is -2.47. The Labute approximate surface area is 182 Å². The molecule has 1 amide bonds. The lowest BCUT2D eigenvalue weighted by atomic mass is 9.92. The predicted molar refractivity (Wildman–Crippen MR) is 112 cm³/mol. The molecule has 1 unspecified atom stereocenters. The van der Waals surface area contributed by atoms with E-state index in [0.29, 0.717) is 38.2 Å². The number of ether oxygens (including phenoxy) is 1. The van der Waals surface area contributed by atoms with E-state index in [9.17, 15) is 23.1 Å². The highest BCUT2D eigenvalue weighted by molar-refractivity contribution is 6.06. The number of amides is 1. The van der Waals surface area contributed by atoms with Gasteiger partial charge in [0.1, 0.15) is 0 Å². The van der Waals surface area contributed by atoms with Gasteiger partial charge in [0.2, 0.25) is 0 Å². The van der Waals surface area contributed by atoms with Crippen molar-refractivity contribution in [3.05, 3.63) is 48.7 Å². The number of fused-ring (bicyclic) bond motifs is 1. The van der Waals surface area contributed by atoms with Gasteiger partial charge in [-0.1, -0.05) is 0 Å². The van der Waals surface area contributed by atoms with E-state index in [1.54, 1.807) is 29.4 Å². The summed E-state index contributed by atoms with van der Waals surface area (Å²) < 4.78 is 47.7. The molecule has 3 N–H and O–H groups in total. The van der Waals surface area contributed by atoms with E-state index < -0.39 is 24.3 Å². The van der Waals surface area contributed by atoms with Gasteiger partial charge in [0.25, 0.3) is 5.91 Å². The molecule has 1 aliphatic carbocycles. The van der Waals surface area contributed by atoms with Gasteiger partial charge in [-0.05, 0) is 50.8 Å². The maximum Gasteiger partial charge on any atom is 0.419 e. The Morgan fingerprint density at radius 1 is 1.25 bits per heavy atom. The van der Waals surface area contributed by atoms with Crippen LogP contribution < -0.4 is 5.73 Å². The van der Waals surface area contributed by atoms with Gasteiger partial charge < -0.3 is 24.7 Å². The number of rotatable bonds is 6. The molecule has 2 heterocycles. The van der Waals surface area contributed by atoms with Crippen LogP contribution in [0.5, 0.6) is 0 Å². The Morgan fingerprint density at radius 3 is 2.56 bits per heavy atom. The number of carbonyl (C=O) groups is 1. The normalized spacial score (nSPS) is 21.5. The smallest absolute Gasteiger partial charge is 0.379 e. The van der Waals surface area contributed by atoms with Gasteiger partial charge in [0.05, 0.1) is 30.1 Å². The lowest BCUT2D eigenvalue weighted by Gasteiger charge is -2.33. The number of nitrogens with zero attached hydrogens (tertiary/aromatic N) is 3. The number of alkyl halides is 3. The summed E-state index contributed by atoms with van der Waals surface area (Å²) >= 11 is 0. The van der Waals surface area contributed by atoms with Crippen LogP contribution >= 0.6 is 0 Å². The summed E-state index contributed by atoms with van der Waals surface area (Å²) in [5.41, 5.74) is 4.73. The predicted octanol–water partition coefficient (Wildman–Crippen LogP) is 3.74. The summed E-state index contributed by atoms with van der Waals surface area (Å²) in [6.45, 7) is -0.0743. The van der Waals surface area contributed by atoms with Crippen LogP contribution in [0.1, 0.15) is 49.0 Å². The van der Waals surface area contributed by atoms with E-state index >= 15 is 0 Å². The summed E-state index contributed by atoms with van der Waals surface area (Å²) in [4.78, 5) is 16.3. The number of aliphatic hydroxyl groups is 1. The van der Waals surface area contributed by atoms with Crippen LogP contribution in [0.4, 0.5) is 13.2 Å². The first-order valence-corrected chi connectivity index (χ1v) is 10.4. The fourth-order valence-corrected chi connectivity index (χ4v) is 4.20. The number of benzene rings is 1. The van der Waals surface area contributed by atoms with Crippen molar-refractivity contribution < 1.29 is 27.8 Å². The SMILES string of the molecule is CC(O)(COC1CCC(n2ccc3cc(-n4ccnc4)cc(C(N)=O)c32)CC1)C(F)(F)F. The second-order valence-corrected chi connectivity index (χ2v) is 8.50. The zero-order valence-electron chi connectivity index (χ0n) is 17.5. The first-order valence-electron chi connectivity index (χ1n) is 10.4. The van der Waals surface area contributed by atoms with Crippen LogP contribution in [0.15, 0.2) is 43.1 Å². The largest absolute Gasteiger partial charge is 0.419 e. The van der Waals surface area contributed by atoms with Gasteiger partial charge >= 0.3 is 6.18 Å². The van der Waals surface area contributed by atoms with Gasteiger partial charge in [-0.25, -0.2) is 4.98 Å². The molecule has 0 bridgehead atoms. The summed E-state index contributed by atoms with van der Waals surface area (Å²) in [5.74, 6) is -0.539. The fraction of sp³-hybridized carbons (Fsp3) is 0.455. The lowest BCUT2D eigenvalue weighted by molar-refractivity contribution is -0.271. The van der Waals surface area contributed by atoms with Gasteiger partial charge in [0, 0.05) is 35.7 Å². The van der Waals surface area contributed by atoms with Crippen LogP contribution in [0.25, 0.3) is 16.6 Å². The highest BCUT2D eigenvalue weighted by atomic mass is 19.4. The first kappa shape index (κ1) is 22.3. The minimum absolute atomic E-state index is 0.0627. The number of primary amides is 1. The minimum atomic E-state index is -4.74. The second-order valence-electron chi connectivity index (χ2n) is 8.50.